The number of benzene rings is 2. The van der Waals surface area contributed by atoms with Crippen LogP contribution in [0.3, 0.4) is 0 Å². The molecular weight excluding hydrogens is 530 g/mol. The van der Waals surface area contributed by atoms with Gasteiger partial charge in [-0.3, -0.25) is 4.79 Å². The van der Waals surface area contributed by atoms with Crippen LogP contribution in [0.4, 0.5) is 0 Å². The van der Waals surface area contributed by atoms with E-state index in [1.807, 2.05) is 52.0 Å². The lowest BCUT2D eigenvalue weighted by Gasteiger charge is -2.18. The number of aryl methyl sites for hydroxylation is 5. The van der Waals surface area contributed by atoms with Crippen LogP contribution in [0.15, 0.2) is 59.6 Å². The summed E-state index contributed by atoms with van der Waals surface area (Å²) in [6.45, 7) is 9.32. The van der Waals surface area contributed by atoms with Crippen LogP contribution in [-0.2, 0) is 10.0 Å². The zero-order valence-corrected chi connectivity index (χ0v) is 24.3. The van der Waals surface area contributed by atoms with Gasteiger partial charge in [0.15, 0.2) is 5.03 Å². The number of hydrogen-bond acceptors (Lipinski definition) is 8. The van der Waals surface area contributed by atoms with Gasteiger partial charge in [-0.05, 0) is 87.7 Å². The number of carbonyl (C=O) groups excluding carboxylic acids is 1. The van der Waals surface area contributed by atoms with E-state index in [2.05, 4.69) is 14.7 Å². The Kier molecular flexibility index (Phi) is 8.11. The monoisotopic (exact) mass is 565 g/mol. The van der Waals surface area contributed by atoms with E-state index in [9.17, 15) is 13.2 Å². The Morgan fingerprint density at radius 3 is 2.00 bits per heavy atom. The molecule has 2 aromatic heterocycles. The van der Waals surface area contributed by atoms with Gasteiger partial charge in [0.05, 0.1) is 25.5 Å². The van der Waals surface area contributed by atoms with Crippen molar-refractivity contribution in [2.45, 2.75) is 39.6 Å². The van der Waals surface area contributed by atoms with Crippen molar-refractivity contribution in [2.75, 3.05) is 14.2 Å². The second-order valence-corrected chi connectivity index (χ2v) is 11.1. The van der Waals surface area contributed by atoms with Crippen molar-refractivity contribution in [3.8, 4) is 34.4 Å². The molecule has 0 spiro atoms. The first-order chi connectivity index (χ1) is 18.9. The fourth-order valence-electron chi connectivity index (χ4n) is 4.45. The van der Waals surface area contributed by atoms with E-state index >= 15 is 0 Å². The van der Waals surface area contributed by atoms with Crippen LogP contribution >= 0.6 is 0 Å². The smallest absolute Gasteiger partial charge is 0.281 e. The number of rotatable bonds is 8. The average Bonchev–Trinajstić information content (AvgIpc) is 2.89. The number of methoxy groups -OCH3 is 2. The number of nitrogens with one attached hydrogen (secondary N) is 1. The SMILES string of the molecule is COc1cc(C)cc(OC)c1-c1ccc(C(=O)NS(=O)(=O)c2cccc(C)n2)c(Oc2c(C)cc(C)cc2C)n1.[HH].[HH]. The maximum absolute atomic E-state index is 13.4. The van der Waals surface area contributed by atoms with E-state index in [1.165, 1.54) is 12.1 Å². The number of hydrogen-bond donors (Lipinski definition) is 1. The molecule has 0 unspecified atom stereocenters. The molecule has 0 bridgehead atoms. The fourth-order valence-corrected chi connectivity index (χ4v) is 5.43. The highest BCUT2D eigenvalue weighted by Gasteiger charge is 2.26. The fraction of sp³-hybridized carbons (Fsp3) is 0.233. The molecule has 0 fully saturated rings. The van der Waals surface area contributed by atoms with Crippen molar-refractivity contribution in [1.82, 2.24) is 14.7 Å². The zero-order chi connectivity index (χ0) is 29.2. The lowest BCUT2D eigenvalue weighted by Crippen LogP contribution is -2.31. The molecule has 10 heteroatoms. The van der Waals surface area contributed by atoms with Crippen molar-refractivity contribution in [3.05, 3.63) is 88.1 Å². The molecular formula is C30H35N3O6S. The number of ether oxygens (including phenoxy) is 3. The molecule has 0 aliphatic rings. The van der Waals surface area contributed by atoms with Crippen molar-refractivity contribution >= 4 is 15.9 Å². The Morgan fingerprint density at radius 1 is 0.825 bits per heavy atom. The summed E-state index contributed by atoms with van der Waals surface area (Å²) in [4.78, 5) is 22.1. The zero-order valence-electron chi connectivity index (χ0n) is 23.4. The van der Waals surface area contributed by atoms with Crippen molar-refractivity contribution < 1.29 is 30.3 Å². The maximum Gasteiger partial charge on any atom is 0.281 e. The predicted molar refractivity (Wildman–Crippen MR) is 156 cm³/mol. The summed E-state index contributed by atoms with van der Waals surface area (Å²) in [5.74, 6) is 0.548. The molecule has 0 aliphatic carbocycles. The molecule has 40 heavy (non-hydrogen) atoms. The lowest BCUT2D eigenvalue weighted by atomic mass is 10.0. The highest BCUT2D eigenvalue weighted by Crippen LogP contribution is 2.40. The summed E-state index contributed by atoms with van der Waals surface area (Å²) in [5, 5.41) is -0.271. The summed E-state index contributed by atoms with van der Waals surface area (Å²) < 4.78 is 45.5. The second kappa shape index (κ2) is 11.4. The van der Waals surface area contributed by atoms with Gasteiger partial charge in [-0.25, -0.2) is 14.7 Å². The van der Waals surface area contributed by atoms with E-state index in [-0.39, 0.29) is 19.3 Å². The van der Waals surface area contributed by atoms with E-state index in [0.717, 1.165) is 22.3 Å². The molecule has 0 atom stereocenters. The molecule has 0 saturated heterocycles. The van der Waals surface area contributed by atoms with Crippen molar-refractivity contribution in [3.63, 3.8) is 0 Å². The van der Waals surface area contributed by atoms with Crippen LogP contribution < -0.4 is 18.9 Å². The standard InChI is InChI=1S/C30H31N3O6S.2H2/c1-17-13-19(3)28(20(4)14-17)39-30-22(29(34)33-40(35,36)26-10-8-9-21(5)31-26)11-12-23(32-30)27-24(37-6)15-18(2)16-25(27)38-7;;/h8-16H,1-7H3,(H,33,34);2*1H. The Labute approximate surface area is 237 Å². The van der Waals surface area contributed by atoms with Crippen LogP contribution in [0.5, 0.6) is 23.1 Å². The molecule has 0 radical (unpaired) electrons. The molecule has 1 amide bonds. The van der Waals surface area contributed by atoms with Gasteiger partial charge in [-0.1, -0.05) is 23.8 Å². The summed E-state index contributed by atoms with van der Waals surface area (Å²) in [7, 11) is -1.18. The van der Waals surface area contributed by atoms with Crippen molar-refractivity contribution in [1.29, 1.82) is 0 Å². The van der Waals surface area contributed by atoms with Crippen LogP contribution in [-0.4, -0.2) is 38.5 Å². The molecule has 4 rings (SSSR count). The van der Waals surface area contributed by atoms with Gasteiger partial charge in [0.2, 0.25) is 5.88 Å². The van der Waals surface area contributed by atoms with Gasteiger partial charge in [0, 0.05) is 8.55 Å². The largest absolute Gasteiger partial charge is 0.496 e. The number of sulfonamides is 1. The highest BCUT2D eigenvalue weighted by atomic mass is 32.2. The minimum atomic E-state index is -4.26. The summed E-state index contributed by atoms with van der Waals surface area (Å²) in [5.41, 5.74) is 5.02. The minimum Gasteiger partial charge on any atom is -0.496 e. The van der Waals surface area contributed by atoms with Gasteiger partial charge in [0.25, 0.3) is 15.9 Å². The predicted octanol–water partition coefficient (Wildman–Crippen LogP) is 6.11. The van der Waals surface area contributed by atoms with Gasteiger partial charge in [-0.15, -0.1) is 0 Å². The number of pyridine rings is 2. The van der Waals surface area contributed by atoms with Crippen LogP contribution in [0.1, 0.15) is 41.2 Å². The Bertz CT molecular complexity index is 1680. The van der Waals surface area contributed by atoms with Crippen LogP contribution in [0.2, 0.25) is 0 Å². The Morgan fingerprint density at radius 2 is 1.43 bits per heavy atom. The highest BCUT2D eigenvalue weighted by molar-refractivity contribution is 7.90. The van der Waals surface area contributed by atoms with Crippen molar-refractivity contribution in [2.24, 2.45) is 0 Å². The van der Waals surface area contributed by atoms with Gasteiger partial charge in [-0.2, -0.15) is 8.42 Å². The number of nitrogens with zero attached hydrogens (tertiary/aromatic N) is 2. The molecule has 0 aliphatic heterocycles. The first kappa shape index (κ1) is 28.6. The first-order valence-electron chi connectivity index (χ1n) is 12.4. The second-order valence-electron chi connectivity index (χ2n) is 9.48. The Hall–Kier alpha value is -4.44. The third-order valence-corrected chi connectivity index (χ3v) is 7.41. The van der Waals surface area contributed by atoms with Crippen LogP contribution in [0.25, 0.3) is 11.3 Å². The van der Waals surface area contributed by atoms with Crippen LogP contribution in [0, 0.1) is 34.6 Å². The molecule has 0 saturated carbocycles. The number of carbonyl (C=O) groups is 1. The Balaban J connectivity index is 0.00000308. The molecule has 2 heterocycles. The van der Waals surface area contributed by atoms with E-state index in [1.54, 1.807) is 39.3 Å². The third kappa shape index (κ3) is 5.91. The maximum atomic E-state index is 13.4. The van der Waals surface area contributed by atoms with Gasteiger partial charge >= 0.3 is 0 Å². The summed E-state index contributed by atoms with van der Waals surface area (Å²) in [6.07, 6.45) is 0. The quantitative estimate of drug-likeness (QED) is 0.272. The van der Waals surface area contributed by atoms with Gasteiger partial charge in [0.1, 0.15) is 22.8 Å². The molecule has 4 aromatic rings. The van der Waals surface area contributed by atoms with E-state index in [4.69, 9.17) is 14.2 Å². The molecule has 1 N–H and O–H groups in total. The minimum absolute atomic E-state index is 0. The lowest BCUT2D eigenvalue weighted by molar-refractivity contribution is 0.0978. The normalized spacial score (nSPS) is 11.2. The number of amides is 1. The summed E-state index contributed by atoms with van der Waals surface area (Å²) in [6, 6.07) is 15.2. The molecule has 212 valence electrons. The molecule has 9 nitrogen and oxygen atoms in total. The third-order valence-electron chi connectivity index (χ3n) is 6.18. The average molecular weight is 566 g/mol. The first-order valence-corrected chi connectivity index (χ1v) is 13.9. The van der Waals surface area contributed by atoms with E-state index < -0.39 is 15.9 Å². The molecule has 2 aromatic carbocycles. The van der Waals surface area contributed by atoms with E-state index in [0.29, 0.717) is 34.2 Å². The number of aromatic nitrogens is 2. The van der Waals surface area contributed by atoms with Gasteiger partial charge < -0.3 is 14.2 Å². The topological polar surface area (TPSA) is 117 Å². The summed E-state index contributed by atoms with van der Waals surface area (Å²) >= 11 is 0.